The molecule has 0 bridgehead atoms. The molecule has 0 aromatic carbocycles. The first-order valence-electron chi connectivity index (χ1n) is 8.53. The van der Waals surface area contributed by atoms with Crippen LogP contribution < -0.4 is 0 Å². The summed E-state index contributed by atoms with van der Waals surface area (Å²) in [6.07, 6.45) is 17.7. The number of ketones is 1. The maximum atomic E-state index is 12.3. The van der Waals surface area contributed by atoms with Crippen molar-refractivity contribution in [3.05, 3.63) is 47.1 Å². The van der Waals surface area contributed by atoms with Gasteiger partial charge in [-0.3, -0.25) is 4.79 Å². The highest BCUT2D eigenvalue weighted by molar-refractivity contribution is 6.23. The lowest BCUT2D eigenvalue weighted by molar-refractivity contribution is -0.111. The molecular weight excluding hydrogens is 270 g/mol. The third-order valence-corrected chi connectivity index (χ3v) is 4.61. The van der Waals surface area contributed by atoms with Crippen molar-refractivity contribution in [2.45, 2.75) is 58.8 Å². The Morgan fingerprint density at radius 1 is 1.18 bits per heavy atom. The molecule has 0 heterocycles. The lowest BCUT2D eigenvalue weighted by Crippen LogP contribution is -2.22. The van der Waals surface area contributed by atoms with Crippen LogP contribution in [0.25, 0.3) is 0 Å². The van der Waals surface area contributed by atoms with Crippen molar-refractivity contribution in [1.82, 2.24) is 0 Å². The predicted octanol–water partition coefficient (Wildman–Crippen LogP) is 5.32. The normalized spacial score (nSPS) is 21.5. The molecule has 2 rings (SSSR count). The zero-order valence-corrected chi connectivity index (χ0v) is 13.8. The number of rotatable bonds is 7. The van der Waals surface area contributed by atoms with E-state index in [1.165, 1.54) is 25.7 Å². The van der Waals surface area contributed by atoms with Gasteiger partial charge in [-0.25, -0.2) is 0 Å². The van der Waals surface area contributed by atoms with Crippen LogP contribution in [0.4, 0.5) is 0 Å². The molecule has 118 valence electrons. The Morgan fingerprint density at radius 2 is 1.95 bits per heavy atom. The van der Waals surface area contributed by atoms with Gasteiger partial charge in [-0.05, 0) is 43.4 Å². The maximum Gasteiger partial charge on any atom is 0.182 e. The number of hydrogen-bond acceptors (Lipinski definition) is 2. The average Bonchev–Trinajstić information content (AvgIpc) is 2.54. The fourth-order valence-electron chi connectivity index (χ4n) is 3.15. The van der Waals surface area contributed by atoms with E-state index in [1.54, 1.807) is 6.08 Å². The quantitative estimate of drug-likeness (QED) is 0.501. The Kier molecular flexibility index (Phi) is 6.11. The Bertz CT molecular complexity index is 560. The van der Waals surface area contributed by atoms with Gasteiger partial charge >= 0.3 is 0 Å². The van der Waals surface area contributed by atoms with Crippen molar-refractivity contribution in [3.63, 3.8) is 0 Å². The highest BCUT2D eigenvalue weighted by atomic mass is 16.1. The molecule has 0 radical (unpaired) electrons. The number of carbonyl (C=O) groups is 1. The molecule has 2 nitrogen and oxygen atoms in total. The fourth-order valence-corrected chi connectivity index (χ4v) is 3.15. The van der Waals surface area contributed by atoms with Gasteiger partial charge in [0.1, 0.15) is 0 Å². The molecule has 1 unspecified atom stereocenters. The smallest absolute Gasteiger partial charge is 0.182 e. The van der Waals surface area contributed by atoms with Crippen LogP contribution in [0.15, 0.2) is 47.1 Å². The summed E-state index contributed by atoms with van der Waals surface area (Å²) in [5, 5.41) is 8.54. The first kappa shape index (κ1) is 16.7. The van der Waals surface area contributed by atoms with Crippen molar-refractivity contribution in [2.75, 3.05) is 0 Å². The Balaban J connectivity index is 2.04. The van der Waals surface area contributed by atoms with Crippen molar-refractivity contribution < 1.29 is 4.79 Å². The van der Waals surface area contributed by atoms with E-state index in [2.05, 4.69) is 19.1 Å². The molecule has 0 aromatic rings. The molecule has 0 saturated carbocycles. The molecule has 0 saturated heterocycles. The van der Waals surface area contributed by atoms with Crippen molar-refractivity contribution in [1.29, 1.82) is 5.41 Å². The Hall–Kier alpha value is -1.70. The zero-order chi connectivity index (χ0) is 15.9. The van der Waals surface area contributed by atoms with Gasteiger partial charge in [0.05, 0.1) is 5.71 Å². The number of hydrogen-bond donors (Lipinski definition) is 1. The van der Waals surface area contributed by atoms with Crippen molar-refractivity contribution in [3.8, 4) is 0 Å². The summed E-state index contributed by atoms with van der Waals surface area (Å²) < 4.78 is 0. The van der Waals surface area contributed by atoms with Crippen LogP contribution in [0.5, 0.6) is 0 Å². The van der Waals surface area contributed by atoms with Gasteiger partial charge in [0.25, 0.3) is 0 Å². The van der Waals surface area contributed by atoms with Gasteiger partial charge in [-0.1, -0.05) is 56.9 Å². The van der Waals surface area contributed by atoms with E-state index >= 15 is 0 Å². The molecule has 0 aromatic heterocycles. The predicted molar refractivity (Wildman–Crippen MR) is 93.3 cm³/mol. The third-order valence-electron chi connectivity index (χ3n) is 4.61. The van der Waals surface area contributed by atoms with E-state index in [1.807, 2.05) is 19.1 Å². The molecule has 22 heavy (non-hydrogen) atoms. The van der Waals surface area contributed by atoms with Gasteiger partial charge < -0.3 is 5.41 Å². The standard InChI is InChI=1S/C20H27NO/c1-3-4-5-6-10-13-17-15(2)19(22)14-18(20(17)21)16-11-8-7-9-12-16/h7-9,11,14,16,21H,3-6,10,12-13H2,1-2H3. The number of carbonyl (C=O) groups excluding carboxylic acids is 1. The number of nitrogens with one attached hydrogen (secondary N) is 1. The summed E-state index contributed by atoms with van der Waals surface area (Å²) in [4.78, 5) is 12.3. The third kappa shape index (κ3) is 3.94. The van der Waals surface area contributed by atoms with Crippen LogP contribution in [0.3, 0.4) is 0 Å². The van der Waals surface area contributed by atoms with Gasteiger partial charge in [-0.2, -0.15) is 0 Å². The first-order valence-corrected chi connectivity index (χ1v) is 8.53. The van der Waals surface area contributed by atoms with E-state index in [4.69, 9.17) is 5.41 Å². The second-order valence-electron chi connectivity index (χ2n) is 6.26. The summed E-state index contributed by atoms with van der Waals surface area (Å²) in [6.45, 7) is 4.09. The van der Waals surface area contributed by atoms with Gasteiger partial charge in [0.2, 0.25) is 0 Å². The lowest BCUT2D eigenvalue weighted by atomic mass is 9.79. The highest BCUT2D eigenvalue weighted by Gasteiger charge is 2.26. The lowest BCUT2D eigenvalue weighted by Gasteiger charge is -2.24. The summed E-state index contributed by atoms with van der Waals surface area (Å²) >= 11 is 0. The van der Waals surface area contributed by atoms with Crippen LogP contribution in [-0.2, 0) is 4.79 Å². The van der Waals surface area contributed by atoms with E-state index in [-0.39, 0.29) is 11.7 Å². The molecule has 0 fully saturated rings. The molecule has 0 aliphatic heterocycles. The fraction of sp³-hybridized carbons (Fsp3) is 0.500. The molecule has 0 spiro atoms. The number of allylic oxidation sites excluding steroid dienone is 8. The zero-order valence-electron chi connectivity index (χ0n) is 13.8. The van der Waals surface area contributed by atoms with E-state index < -0.39 is 0 Å². The Morgan fingerprint density at radius 3 is 2.64 bits per heavy atom. The minimum absolute atomic E-state index is 0.0949. The van der Waals surface area contributed by atoms with Gasteiger partial charge in [-0.15, -0.1) is 0 Å². The average molecular weight is 297 g/mol. The van der Waals surface area contributed by atoms with Crippen molar-refractivity contribution in [2.24, 2.45) is 5.92 Å². The molecular formula is C20H27NO. The summed E-state index contributed by atoms with van der Waals surface area (Å²) in [6, 6.07) is 0. The largest absolute Gasteiger partial charge is 0.300 e. The second-order valence-corrected chi connectivity index (χ2v) is 6.26. The minimum atomic E-state index is 0.0949. The van der Waals surface area contributed by atoms with Gasteiger partial charge in [0, 0.05) is 11.5 Å². The van der Waals surface area contributed by atoms with E-state index in [0.29, 0.717) is 5.71 Å². The molecule has 1 N–H and O–H groups in total. The van der Waals surface area contributed by atoms with Crippen LogP contribution in [0.1, 0.15) is 58.8 Å². The van der Waals surface area contributed by atoms with Crippen LogP contribution in [0.2, 0.25) is 0 Å². The SMILES string of the molecule is CCCCCCCC1=C(C)C(=O)C=C(C2C=CC=CC2)C1=N. The molecule has 2 aliphatic carbocycles. The van der Waals surface area contributed by atoms with E-state index in [0.717, 1.165) is 36.0 Å². The monoisotopic (exact) mass is 297 g/mol. The highest BCUT2D eigenvalue weighted by Crippen LogP contribution is 2.31. The summed E-state index contributed by atoms with van der Waals surface area (Å²) in [5.74, 6) is 0.280. The number of unbranched alkanes of at least 4 members (excludes halogenated alkanes) is 4. The summed E-state index contributed by atoms with van der Waals surface area (Å²) in [5.41, 5.74) is 3.25. The van der Waals surface area contributed by atoms with Crippen LogP contribution in [0, 0.1) is 11.3 Å². The van der Waals surface area contributed by atoms with Gasteiger partial charge in [0.15, 0.2) is 5.78 Å². The first-order chi connectivity index (χ1) is 10.6. The minimum Gasteiger partial charge on any atom is -0.300 e. The van der Waals surface area contributed by atoms with Crippen LogP contribution in [-0.4, -0.2) is 11.5 Å². The van der Waals surface area contributed by atoms with E-state index in [9.17, 15) is 4.79 Å². The molecule has 0 amide bonds. The molecule has 2 heteroatoms. The molecule has 1 atom stereocenters. The summed E-state index contributed by atoms with van der Waals surface area (Å²) in [7, 11) is 0. The maximum absolute atomic E-state index is 12.3. The topological polar surface area (TPSA) is 40.9 Å². The van der Waals surface area contributed by atoms with Crippen molar-refractivity contribution >= 4 is 11.5 Å². The van der Waals surface area contributed by atoms with Crippen LogP contribution >= 0.6 is 0 Å². The molecule has 2 aliphatic rings. The Labute approximate surface area is 134 Å². The second kappa shape index (κ2) is 8.07.